The maximum atomic E-state index is 5.83. The van der Waals surface area contributed by atoms with Gasteiger partial charge in [0.2, 0.25) is 0 Å². The Labute approximate surface area is 137 Å². The summed E-state index contributed by atoms with van der Waals surface area (Å²) in [6.45, 7) is 2.73. The minimum Gasteiger partial charge on any atom is -0.381 e. The first-order chi connectivity index (χ1) is 11.3. The summed E-state index contributed by atoms with van der Waals surface area (Å²) in [6.07, 6.45) is 6.02. The van der Waals surface area contributed by atoms with E-state index in [9.17, 15) is 0 Å². The molecule has 0 amide bonds. The molecule has 2 aromatic rings. The Bertz CT molecular complexity index is 651. The second kappa shape index (κ2) is 7.73. The van der Waals surface area contributed by atoms with Crippen LogP contribution < -0.4 is 0 Å². The first-order valence-corrected chi connectivity index (χ1v) is 8.18. The number of ether oxygens (including phenoxy) is 3. The zero-order chi connectivity index (χ0) is 16.0. The van der Waals surface area contributed by atoms with Gasteiger partial charge in [0.25, 0.3) is 0 Å². The van der Waals surface area contributed by atoms with Gasteiger partial charge in [0.15, 0.2) is 0 Å². The number of rotatable bonds is 6. The molecule has 0 bridgehead atoms. The maximum Gasteiger partial charge on any atom is 0.0903 e. The lowest BCUT2D eigenvalue weighted by atomic mass is 9.93. The van der Waals surface area contributed by atoms with E-state index in [-0.39, 0.29) is 5.60 Å². The van der Waals surface area contributed by atoms with Crippen molar-refractivity contribution in [1.29, 1.82) is 0 Å². The van der Waals surface area contributed by atoms with Crippen molar-refractivity contribution < 1.29 is 14.2 Å². The highest BCUT2D eigenvalue weighted by molar-refractivity contribution is 5.85. The summed E-state index contributed by atoms with van der Waals surface area (Å²) >= 11 is 0. The van der Waals surface area contributed by atoms with Crippen molar-refractivity contribution in [1.82, 2.24) is 0 Å². The first kappa shape index (κ1) is 16.2. The molecule has 0 N–H and O–H groups in total. The van der Waals surface area contributed by atoms with Crippen LogP contribution in [0.2, 0.25) is 0 Å². The summed E-state index contributed by atoms with van der Waals surface area (Å²) in [4.78, 5) is 0. The highest BCUT2D eigenvalue weighted by Crippen LogP contribution is 2.26. The van der Waals surface area contributed by atoms with E-state index in [0.29, 0.717) is 13.2 Å². The van der Waals surface area contributed by atoms with Gasteiger partial charge in [-0.1, -0.05) is 54.6 Å². The molecule has 0 spiro atoms. The smallest absolute Gasteiger partial charge is 0.0903 e. The predicted octanol–water partition coefficient (Wildman–Crippen LogP) is 4.11. The summed E-state index contributed by atoms with van der Waals surface area (Å²) in [6, 6.07) is 14.7. The third-order valence-corrected chi connectivity index (χ3v) is 4.52. The van der Waals surface area contributed by atoms with Crippen LogP contribution >= 0.6 is 0 Å². The monoisotopic (exact) mass is 312 g/mol. The van der Waals surface area contributed by atoms with Crippen molar-refractivity contribution in [3.05, 3.63) is 60.2 Å². The SMILES string of the molecule is COC1(C=CCOCc2cccc3ccccc23)CCOCC1. The Morgan fingerprint density at radius 3 is 2.70 bits per heavy atom. The van der Waals surface area contributed by atoms with Gasteiger partial charge in [-0.15, -0.1) is 0 Å². The second-order valence-corrected chi connectivity index (χ2v) is 5.94. The maximum absolute atomic E-state index is 5.83. The quantitative estimate of drug-likeness (QED) is 0.593. The van der Waals surface area contributed by atoms with Crippen LogP contribution in [0.15, 0.2) is 54.6 Å². The molecule has 3 heteroatoms. The lowest BCUT2D eigenvalue weighted by molar-refractivity contribution is -0.0589. The van der Waals surface area contributed by atoms with Gasteiger partial charge in [-0.25, -0.2) is 0 Å². The molecule has 1 saturated heterocycles. The average Bonchev–Trinajstić information content (AvgIpc) is 2.62. The summed E-state index contributed by atoms with van der Waals surface area (Å²) in [5.74, 6) is 0. The highest BCUT2D eigenvalue weighted by atomic mass is 16.5. The normalized spacial score (nSPS) is 17.8. The van der Waals surface area contributed by atoms with Gasteiger partial charge in [0, 0.05) is 33.2 Å². The van der Waals surface area contributed by atoms with Crippen LogP contribution in [0.3, 0.4) is 0 Å². The van der Waals surface area contributed by atoms with Gasteiger partial charge in [0.05, 0.1) is 18.8 Å². The van der Waals surface area contributed by atoms with Crippen LogP contribution in [0.4, 0.5) is 0 Å². The number of methoxy groups -OCH3 is 1. The highest BCUT2D eigenvalue weighted by Gasteiger charge is 2.29. The molecule has 0 aliphatic carbocycles. The van der Waals surface area contributed by atoms with Crippen LogP contribution in [-0.4, -0.2) is 32.5 Å². The fourth-order valence-corrected chi connectivity index (χ4v) is 3.07. The van der Waals surface area contributed by atoms with Gasteiger partial charge in [-0.3, -0.25) is 0 Å². The minimum absolute atomic E-state index is 0.180. The molecule has 0 saturated carbocycles. The third kappa shape index (κ3) is 3.99. The van der Waals surface area contributed by atoms with Crippen molar-refractivity contribution in [2.75, 3.05) is 26.9 Å². The number of hydrogen-bond donors (Lipinski definition) is 0. The topological polar surface area (TPSA) is 27.7 Å². The fourth-order valence-electron chi connectivity index (χ4n) is 3.07. The van der Waals surface area contributed by atoms with E-state index >= 15 is 0 Å². The third-order valence-electron chi connectivity index (χ3n) is 4.52. The molecule has 0 atom stereocenters. The fraction of sp³-hybridized carbons (Fsp3) is 0.400. The molecule has 0 radical (unpaired) electrons. The van der Waals surface area contributed by atoms with Gasteiger partial charge in [0.1, 0.15) is 0 Å². The molecule has 23 heavy (non-hydrogen) atoms. The number of hydrogen-bond acceptors (Lipinski definition) is 3. The largest absolute Gasteiger partial charge is 0.381 e. The summed E-state index contributed by atoms with van der Waals surface area (Å²) < 4.78 is 16.9. The van der Waals surface area contributed by atoms with Crippen molar-refractivity contribution >= 4 is 10.8 Å². The van der Waals surface area contributed by atoms with Crippen LogP contribution in [0, 0.1) is 0 Å². The molecule has 0 unspecified atom stereocenters. The number of benzene rings is 2. The van der Waals surface area contributed by atoms with Crippen molar-refractivity contribution in [3.8, 4) is 0 Å². The second-order valence-electron chi connectivity index (χ2n) is 5.94. The summed E-state index contributed by atoms with van der Waals surface area (Å²) in [5, 5.41) is 2.52. The van der Waals surface area contributed by atoms with Crippen LogP contribution in [-0.2, 0) is 20.8 Å². The summed E-state index contributed by atoms with van der Waals surface area (Å²) in [5.41, 5.74) is 1.05. The molecule has 1 heterocycles. The Hall–Kier alpha value is -1.68. The molecule has 2 aromatic carbocycles. The Morgan fingerprint density at radius 1 is 1.09 bits per heavy atom. The first-order valence-electron chi connectivity index (χ1n) is 8.18. The molecule has 3 rings (SSSR count). The van der Waals surface area contributed by atoms with Crippen molar-refractivity contribution in [2.24, 2.45) is 0 Å². The van der Waals surface area contributed by atoms with Gasteiger partial charge >= 0.3 is 0 Å². The van der Waals surface area contributed by atoms with Gasteiger partial charge in [-0.05, 0) is 16.3 Å². The molecule has 1 aliphatic heterocycles. The van der Waals surface area contributed by atoms with Crippen molar-refractivity contribution in [2.45, 2.75) is 25.0 Å². The van der Waals surface area contributed by atoms with Crippen molar-refractivity contribution in [3.63, 3.8) is 0 Å². The molecule has 3 nitrogen and oxygen atoms in total. The lowest BCUT2D eigenvalue weighted by Crippen LogP contribution is -2.36. The Kier molecular flexibility index (Phi) is 5.44. The zero-order valence-corrected chi connectivity index (χ0v) is 13.7. The van der Waals surface area contributed by atoms with E-state index in [1.54, 1.807) is 7.11 Å². The Balaban J connectivity index is 1.55. The van der Waals surface area contributed by atoms with E-state index in [1.165, 1.54) is 16.3 Å². The standard InChI is InChI=1S/C20H24O3/c1-21-20(11-14-22-15-12-20)10-5-13-23-16-18-8-4-7-17-6-2-3-9-19(17)18/h2-10H,11-16H2,1H3. The average molecular weight is 312 g/mol. The van der Waals surface area contributed by atoms with Gasteiger partial charge < -0.3 is 14.2 Å². The van der Waals surface area contributed by atoms with E-state index in [2.05, 4.69) is 54.6 Å². The number of fused-ring (bicyclic) bond motifs is 1. The molecule has 0 aromatic heterocycles. The molecular formula is C20H24O3. The van der Waals surface area contributed by atoms with E-state index in [0.717, 1.165) is 26.1 Å². The van der Waals surface area contributed by atoms with Crippen LogP contribution in [0.25, 0.3) is 10.8 Å². The lowest BCUT2D eigenvalue weighted by Gasteiger charge is -2.33. The zero-order valence-electron chi connectivity index (χ0n) is 13.7. The Morgan fingerprint density at radius 2 is 1.87 bits per heavy atom. The van der Waals surface area contributed by atoms with Crippen LogP contribution in [0.1, 0.15) is 18.4 Å². The minimum atomic E-state index is -0.180. The van der Waals surface area contributed by atoms with E-state index in [4.69, 9.17) is 14.2 Å². The van der Waals surface area contributed by atoms with E-state index < -0.39 is 0 Å². The van der Waals surface area contributed by atoms with E-state index in [1.807, 2.05) is 0 Å². The molecule has 122 valence electrons. The molecule has 1 aliphatic rings. The van der Waals surface area contributed by atoms with Crippen LogP contribution in [0.5, 0.6) is 0 Å². The molecule has 1 fully saturated rings. The summed E-state index contributed by atoms with van der Waals surface area (Å²) in [7, 11) is 1.77. The van der Waals surface area contributed by atoms with Gasteiger partial charge in [-0.2, -0.15) is 0 Å². The predicted molar refractivity (Wildman–Crippen MR) is 92.5 cm³/mol. The molecular weight excluding hydrogens is 288 g/mol.